The number of ether oxygens (including phenoxy) is 2. The highest BCUT2D eigenvalue weighted by atomic mass is 35.5. The summed E-state index contributed by atoms with van der Waals surface area (Å²) in [6.45, 7) is 0.786. The van der Waals surface area contributed by atoms with Gasteiger partial charge in [-0.1, -0.05) is 108 Å². The molecule has 1 fully saturated rings. The van der Waals surface area contributed by atoms with Crippen LogP contribution in [0.5, 0.6) is 0 Å². The molecule has 270 valence electrons. The Bertz CT molecular complexity index is 1970. The summed E-state index contributed by atoms with van der Waals surface area (Å²) in [4.78, 5) is 29.1. The van der Waals surface area contributed by atoms with Crippen molar-refractivity contribution < 1.29 is 24.2 Å². The van der Waals surface area contributed by atoms with E-state index in [9.17, 15) is 14.7 Å². The van der Waals surface area contributed by atoms with E-state index in [1.54, 1.807) is 23.0 Å². The van der Waals surface area contributed by atoms with Crippen LogP contribution < -0.4 is 16.4 Å². The van der Waals surface area contributed by atoms with Gasteiger partial charge in [0.2, 0.25) is 11.8 Å². The molecule has 6 rings (SSSR count). The maximum Gasteiger partial charge on any atom is 0.224 e. The number of nitrogen functional groups attached to an aromatic ring is 1. The number of aromatic nitrogens is 2. The second-order valence-electron chi connectivity index (χ2n) is 12.7. The van der Waals surface area contributed by atoms with E-state index < -0.39 is 6.29 Å². The van der Waals surface area contributed by atoms with Gasteiger partial charge in [-0.2, -0.15) is 0 Å². The zero-order valence-electron chi connectivity index (χ0n) is 28.5. The number of imidazole rings is 1. The van der Waals surface area contributed by atoms with E-state index in [4.69, 9.17) is 38.4 Å². The van der Waals surface area contributed by atoms with E-state index in [0.29, 0.717) is 61.7 Å². The van der Waals surface area contributed by atoms with Crippen molar-refractivity contribution >= 4 is 46.4 Å². The van der Waals surface area contributed by atoms with Gasteiger partial charge in [-0.15, -0.1) is 0 Å². The van der Waals surface area contributed by atoms with E-state index in [0.717, 1.165) is 33.4 Å². The van der Waals surface area contributed by atoms with Crippen LogP contribution in [0.25, 0.3) is 11.1 Å². The third-order valence-corrected chi connectivity index (χ3v) is 9.80. The molecule has 0 radical (unpaired) electrons. The molecule has 2 amide bonds. The van der Waals surface area contributed by atoms with E-state index >= 15 is 0 Å². The van der Waals surface area contributed by atoms with Crippen molar-refractivity contribution in [2.45, 2.75) is 70.3 Å². The summed E-state index contributed by atoms with van der Waals surface area (Å²) in [5.41, 5.74) is 12.6. The number of nitrogens with zero attached hydrogens (tertiary/aromatic N) is 2. The van der Waals surface area contributed by atoms with Crippen molar-refractivity contribution in [2.75, 3.05) is 11.1 Å². The molecule has 12 heteroatoms. The minimum Gasteiger partial charge on any atom is -0.397 e. The molecule has 5 N–H and O–H groups in total. The Labute approximate surface area is 312 Å². The van der Waals surface area contributed by atoms with Gasteiger partial charge in [0.05, 0.1) is 43.1 Å². The van der Waals surface area contributed by atoms with Crippen LogP contribution in [-0.2, 0) is 38.8 Å². The summed E-state index contributed by atoms with van der Waals surface area (Å²) in [7, 11) is 0. The predicted octanol–water partition coefficient (Wildman–Crippen LogP) is 7.99. The molecular formula is C40H41Cl2N5O5. The van der Waals surface area contributed by atoms with Gasteiger partial charge in [0.1, 0.15) is 5.15 Å². The number of hydrogen-bond acceptors (Lipinski definition) is 7. The van der Waals surface area contributed by atoms with E-state index in [-0.39, 0.29) is 35.8 Å². The first kappa shape index (κ1) is 37.1. The number of nitrogens with two attached hydrogens (primary N) is 1. The highest BCUT2D eigenvalue weighted by Gasteiger charge is 2.33. The molecule has 1 aliphatic rings. The first-order valence-corrected chi connectivity index (χ1v) is 18.0. The normalized spacial score (nSPS) is 17.1. The predicted molar refractivity (Wildman–Crippen MR) is 202 cm³/mol. The molecule has 3 atom stereocenters. The number of benzene rings is 4. The lowest BCUT2D eigenvalue weighted by Crippen LogP contribution is -2.32. The summed E-state index contributed by atoms with van der Waals surface area (Å²) in [5.74, 6) is -0.198. The minimum absolute atomic E-state index is 0.0319. The van der Waals surface area contributed by atoms with Crippen LogP contribution in [0.2, 0.25) is 10.3 Å². The first-order chi connectivity index (χ1) is 25.3. The highest BCUT2D eigenvalue weighted by Crippen LogP contribution is 2.39. The first-order valence-electron chi connectivity index (χ1n) is 17.2. The molecule has 1 aliphatic heterocycles. The van der Waals surface area contributed by atoms with Crippen LogP contribution in [-0.4, -0.2) is 32.6 Å². The van der Waals surface area contributed by atoms with Crippen molar-refractivity contribution in [2.24, 2.45) is 0 Å². The molecule has 0 unspecified atom stereocenters. The van der Waals surface area contributed by atoms with Crippen LogP contribution >= 0.6 is 23.2 Å². The van der Waals surface area contributed by atoms with Crippen LogP contribution in [0.1, 0.15) is 66.8 Å². The summed E-state index contributed by atoms with van der Waals surface area (Å²) < 4.78 is 14.7. The number of aliphatic hydroxyl groups is 1. The summed E-state index contributed by atoms with van der Waals surface area (Å²) >= 11 is 12.5. The fourth-order valence-corrected chi connectivity index (χ4v) is 6.49. The summed E-state index contributed by atoms with van der Waals surface area (Å²) in [6.07, 6.45) is 2.84. The van der Waals surface area contributed by atoms with Gasteiger partial charge in [0, 0.05) is 31.4 Å². The number of anilines is 2. The molecule has 4 aromatic carbocycles. The topological polar surface area (TPSA) is 141 Å². The second-order valence-corrected chi connectivity index (χ2v) is 13.4. The Morgan fingerprint density at radius 2 is 1.56 bits per heavy atom. The zero-order chi connectivity index (χ0) is 36.5. The Balaban J connectivity index is 1.06. The van der Waals surface area contributed by atoms with Gasteiger partial charge in [-0.05, 0) is 52.8 Å². The lowest BCUT2D eigenvalue weighted by molar-refractivity contribution is -0.252. The summed E-state index contributed by atoms with van der Waals surface area (Å²) in [6, 6.07) is 30.8. The Hall–Kier alpha value is -4.71. The molecular weight excluding hydrogens is 701 g/mol. The average molecular weight is 743 g/mol. The molecule has 1 aromatic heterocycles. The molecule has 10 nitrogen and oxygen atoms in total. The standard InChI is InChI=1S/C40H41Cl2N5O5/c41-38-39(42)47(25-45-38)23-31-21-35(28-15-13-26(24-48)14-16-28)52-40(51-31)29-19-17-27(18-20-29)32-8-2-1-7-30(32)22-44-36(49)11-5-6-12-37(50)46-34-10-4-3-9-33(34)43/h1-4,7-10,13-20,25,31,35,40,48H,5-6,11-12,21-24,43H2,(H,44,49)(H,46,50)/t31-,35+,40+/m0/s1. The number of amides is 2. The Kier molecular flexibility index (Phi) is 12.6. The number of carbonyl (C=O) groups excluding carboxylic acids is 2. The van der Waals surface area contributed by atoms with Gasteiger partial charge >= 0.3 is 0 Å². The van der Waals surface area contributed by atoms with Crippen LogP contribution in [0.4, 0.5) is 11.4 Å². The molecule has 0 bridgehead atoms. The van der Waals surface area contributed by atoms with Gasteiger partial charge in [0.25, 0.3) is 0 Å². The second kappa shape index (κ2) is 17.7. The molecule has 0 aliphatic carbocycles. The third kappa shape index (κ3) is 9.58. The fraction of sp³-hybridized carbons (Fsp3) is 0.275. The number of aliphatic hydroxyl groups excluding tert-OH is 1. The van der Waals surface area contributed by atoms with E-state index in [1.807, 2.05) is 84.9 Å². The maximum absolute atomic E-state index is 12.7. The number of halogens is 2. The Morgan fingerprint density at radius 3 is 2.27 bits per heavy atom. The number of unbranched alkanes of at least 4 members (excludes halogenated alkanes) is 1. The molecule has 0 spiro atoms. The largest absolute Gasteiger partial charge is 0.397 e. The SMILES string of the molecule is Nc1ccccc1NC(=O)CCCCC(=O)NCc1ccccc1-c1ccc([C@@H]2O[C@H](Cn3cnc(Cl)c3Cl)C[C@H](c3ccc(CO)cc3)O2)cc1. The monoisotopic (exact) mass is 741 g/mol. The Morgan fingerprint density at radius 1 is 0.865 bits per heavy atom. The number of nitrogens with one attached hydrogen (secondary N) is 2. The minimum atomic E-state index is -0.648. The van der Waals surface area contributed by atoms with Crippen molar-refractivity contribution in [3.05, 3.63) is 136 Å². The third-order valence-electron chi connectivity index (χ3n) is 9.03. The van der Waals surface area contributed by atoms with Crippen molar-refractivity contribution in [1.82, 2.24) is 14.9 Å². The van der Waals surface area contributed by atoms with E-state index in [2.05, 4.69) is 15.6 Å². The number of rotatable bonds is 14. The van der Waals surface area contributed by atoms with Crippen molar-refractivity contribution in [3.8, 4) is 11.1 Å². The van der Waals surface area contributed by atoms with Crippen molar-refractivity contribution in [3.63, 3.8) is 0 Å². The van der Waals surface area contributed by atoms with Crippen molar-refractivity contribution in [1.29, 1.82) is 0 Å². The van der Waals surface area contributed by atoms with Gasteiger partial charge in [-0.3, -0.25) is 9.59 Å². The fourth-order valence-electron chi connectivity index (χ4n) is 6.18. The lowest BCUT2D eigenvalue weighted by Gasteiger charge is -2.36. The maximum atomic E-state index is 12.7. The molecule has 52 heavy (non-hydrogen) atoms. The van der Waals surface area contributed by atoms with Gasteiger partial charge in [0.15, 0.2) is 11.4 Å². The van der Waals surface area contributed by atoms with Gasteiger partial charge < -0.3 is 35.5 Å². The zero-order valence-corrected chi connectivity index (χ0v) is 30.0. The quantitative estimate of drug-likeness (QED) is 0.0668. The summed E-state index contributed by atoms with van der Waals surface area (Å²) in [5, 5.41) is 16.0. The number of para-hydroxylation sites is 2. The van der Waals surface area contributed by atoms with Gasteiger partial charge in [-0.25, -0.2) is 4.98 Å². The molecule has 2 heterocycles. The van der Waals surface area contributed by atoms with E-state index in [1.165, 1.54) is 0 Å². The molecule has 1 saturated heterocycles. The molecule has 5 aromatic rings. The number of carbonyl (C=O) groups is 2. The smallest absolute Gasteiger partial charge is 0.224 e. The lowest BCUT2D eigenvalue weighted by atomic mass is 9.97. The average Bonchev–Trinajstić information content (AvgIpc) is 3.49. The molecule has 0 saturated carbocycles. The van der Waals surface area contributed by atoms with Crippen LogP contribution in [0, 0.1) is 0 Å². The number of hydrogen-bond donors (Lipinski definition) is 4. The van der Waals surface area contributed by atoms with Crippen LogP contribution in [0.3, 0.4) is 0 Å². The van der Waals surface area contributed by atoms with Crippen LogP contribution in [0.15, 0.2) is 103 Å². The highest BCUT2D eigenvalue weighted by molar-refractivity contribution is 6.40.